The summed E-state index contributed by atoms with van der Waals surface area (Å²) < 4.78 is 0. The molecule has 2 saturated heterocycles. The van der Waals surface area contributed by atoms with E-state index < -0.39 is 0 Å². The quantitative estimate of drug-likeness (QED) is 0.768. The molecule has 1 aromatic carbocycles. The van der Waals surface area contributed by atoms with Crippen molar-refractivity contribution in [1.29, 1.82) is 0 Å². The molecule has 3 rings (SSSR count). The van der Waals surface area contributed by atoms with E-state index in [1.807, 2.05) is 26.0 Å². The lowest BCUT2D eigenvalue weighted by atomic mass is 10.1. The number of aryl methyl sites for hydroxylation is 2. The number of carbonyl (C=O) groups is 2. The molecule has 2 amide bonds. The van der Waals surface area contributed by atoms with Gasteiger partial charge in [-0.1, -0.05) is 6.07 Å². The van der Waals surface area contributed by atoms with Crippen molar-refractivity contribution in [3.05, 3.63) is 29.3 Å². The summed E-state index contributed by atoms with van der Waals surface area (Å²) in [5.41, 5.74) is 3.08. The molecule has 2 aliphatic rings. The number of hydrogen-bond acceptors (Lipinski definition) is 2. The Hall–Kier alpha value is -1.84. The summed E-state index contributed by atoms with van der Waals surface area (Å²) in [7, 11) is 0. The number of benzene rings is 1. The van der Waals surface area contributed by atoms with Crippen LogP contribution in [0, 0.1) is 13.8 Å². The van der Waals surface area contributed by atoms with Gasteiger partial charge < -0.3 is 9.80 Å². The van der Waals surface area contributed by atoms with Crippen molar-refractivity contribution >= 4 is 17.5 Å². The molecule has 0 radical (unpaired) electrons. The Morgan fingerprint density at radius 2 is 1.79 bits per heavy atom. The molecule has 0 aromatic heterocycles. The number of hydrogen-bond donors (Lipinski definition) is 0. The molecule has 0 spiro atoms. The SMILES string of the molecule is Cc1cc(C)cc(N2CC(=O)N3CCCC3C2=O)c1. The number of nitrogens with zero attached hydrogens (tertiary/aromatic N) is 2. The van der Waals surface area contributed by atoms with Gasteiger partial charge in [-0.25, -0.2) is 0 Å². The van der Waals surface area contributed by atoms with Gasteiger partial charge in [0.25, 0.3) is 0 Å². The van der Waals surface area contributed by atoms with Crippen LogP contribution in [-0.2, 0) is 9.59 Å². The van der Waals surface area contributed by atoms with Gasteiger partial charge >= 0.3 is 0 Å². The van der Waals surface area contributed by atoms with Gasteiger partial charge in [-0.3, -0.25) is 9.59 Å². The second kappa shape index (κ2) is 4.37. The van der Waals surface area contributed by atoms with Crippen LogP contribution in [-0.4, -0.2) is 35.8 Å². The van der Waals surface area contributed by atoms with Crippen LogP contribution in [0.25, 0.3) is 0 Å². The lowest BCUT2D eigenvalue weighted by Gasteiger charge is -2.36. The van der Waals surface area contributed by atoms with Crippen LogP contribution in [0.4, 0.5) is 5.69 Å². The van der Waals surface area contributed by atoms with Crippen LogP contribution in [0.5, 0.6) is 0 Å². The zero-order valence-corrected chi connectivity index (χ0v) is 11.3. The largest absolute Gasteiger partial charge is 0.329 e. The van der Waals surface area contributed by atoms with Gasteiger partial charge in [-0.05, 0) is 49.9 Å². The highest BCUT2D eigenvalue weighted by atomic mass is 16.2. The fraction of sp³-hybridized carbons (Fsp3) is 0.467. The molecule has 2 fully saturated rings. The van der Waals surface area contributed by atoms with Gasteiger partial charge in [-0.15, -0.1) is 0 Å². The minimum atomic E-state index is -0.234. The predicted molar refractivity (Wildman–Crippen MR) is 73.0 cm³/mol. The molecule has 0 N–H and O–H groups in total. The molecule has 2 aliphatic heterocycles. The minimum Gasteiger partial charge on any atom is -0.329 e. The van der Waals surface area contributed by atoms with Crippen molar-refractivity contribution in [2.45, 2.75) is 32.7 Å². The van der Waals surface area contributed by atoms with Crippen LogP contribution in [0.15, 0.2) is 18.2 Å². The number of rotatable bonds is 1. The van der Waals surface area contributed by atoms with Crippen molar-refractivity contribution in [2.75, 3.05) is 18.0 Å². The third-order valence-electron chi connectivity index (χ3n) is 3.94. The van der Waals surface area contributed by atoms with Crippen LogP contribution in [0.1, 0.15) is 24.0 Å². The van der Waals surface area contributed by atoms with Gasteiger partial charge in [0.05, 0.1) is 0 Å². The zero-order valence-electron chi connectivity index (χ0n) is 11.3. The molecular formula is C15H18N2O2. The summed E-state index contributed by atoms with van der Waals surface area (Å²) in [5.74, 6) is 0.142. The second-order valence-electron chi connectivity index (χ2n) is 5.52. The first kappa shape index (κ1) is 12.2. The van der Waals surface area contributed by atoms with Gasteiger partial charge in [0.2, 0.25) is 11.8 Å². The molecule has 1 atom stereocenters. The summed E-state index contributed by atoms with van der Waals surface area (Å²) in [4.78, 5) is 28.0. The molecule has 2 heterocycles. The Morgan fingerprint density at radius 1 is 1.11 bits per heavy atom. The highest BCUT2D eigenvalue weighted by molar-refractivity contribution is 6.06. The first-order valence-electron chi connectivity index (χ1n) is 6.75. The van der Waals surface area contributed by atoms with Gasteiger partial charge in [0.1, 0.15) is 12.6 Å². The highest BCUT2D eigenvalue weighted by Crippen LogP contribution is 2.28. The summed E-state index contributed by atoms with van der Waals surface area (Å²) in [6, 6.07) is 5.79. The zero-order chi connectivity index (χ0) is 13.6. The van der Waals surface area contributed by atoms with E-state index in [4.69, 9.17) is 0 Å². The molecule has 0 aliphatic carbocycles. The molecule has 1 unspecified atom stereocenters. The van der Waals surface area contributed by atoms with Crippen molar-refractivity contribution in [1.82, 2.24) is 4.90 Å². The first-order valence-corrected chi connectivity index (χ1v) is 6.75. The standard InChI is InChI=1S/C15H18N2O2/c1-10-6-11(2)8-12(7-10)17-9-14(18)16-5-3-4-13(16)15(17)19/h6-8,13H,3-5,9H2,1-2H3. The van der Waals surface area contributed by atoms with E-state index in [-0.39, 0.29) is 24.4 Å². The predicted octanol–water partition coefficient (Wildman–Crippen LogP) is 1.64. The Labute approximate surface area is 113 Å². The maximum absolute atomic E-state index is 12.5. The number of anilines is 1. The van der Waals surface area contributed by atoms with Crippen LogP contribution in [0.3, 0.4) is 0 Å². The summed E-state index contributed by atoms with van der Waals surface area (Å²) >= 11 is 0. The molecular weight excluding hydrogens is 240 g/mol. The van der Waals surface area contributed by atoms with Crippen LogP contribution in [0.2, 0.25) is 0 Å². The monoisotopic (exact) mass is 258 g/mol. The van der Waals surface area contributed by atoms with Crippen LogP contribution >= 0.6 is 0 Å². The smallest absolute Gasteiger partial charge is 0.250 e. The minimum absolute atomic E-state index is 0.0706. The fourth-order valence-electron chi connectivity index (χ4n) is 3.13. The van der Waals surface area contributed by atoms with Crippen molar-refractivity contribution in [3.63, 3.8) is 0 Å². The maximum Gasteiger partial charge on any atom is 0.250 e. The Kier molecular flexibility index (Phi) is 2.81. The summed E-state index contributed by atoms with van der Waals surface area (Å²) in [5, 5.41) is 0. The molecule has 19 heavy (non-hydrogen) atoms. The molecule has 1 aromatic rings. The number of amides is 2. The second-order valence-corrected chi connectivity index (χ2v) is 5.52. The van der Waals surface area contributed by atoms with Crippen molar-refractivity contribution in [2.24, 2.45) is 0 Å². The van der Waals surface area contributed by atoms with Gasteiger partial charge in [0, 0.05) is 12.2 Å². The van der Waals surface area contributed by atoms with Crippen LogP contribution < -0.4 is 4.90 Å². The van der Waals surface area contributed by atoms with E-state index in [1.165, 1.54) is 0 Å². The Bertz CT molecular complexity index is 533. The fourth-order valence-corrected chi connectivity index (χ4v) is 3.13. The average molecular weight is 258 g/mol. The summed E-state index contributed by atoms with van der Waals surface area (Å²) in [6.07, 6.45) is 1.73. The molecule has 0 saturated carbocycles. The number of fused-ring (bicyclic) bond motifs is 1. The lowest BCUT2D eigenvalue weighted by molar-refractivity contribution is -0.140. The van der Waals surface area contributed by atoms with E-state index in [9.17, 15) is 9.59 Å². The van der Waals surface area contributed by atoms with Gasteiger partial charge in [-0.2, -0.15) is 0 Å². The van der Waals surface area contributed by atoms with E-state index in [0.717, 1.165) is 36.2 Å². The number of carbonyl (C=O) groups excluding carboxylic acids is 2. The maximum atomic E-state index is 12.5. The van der Waals surface area contributed by atoms with E-state index in [0.29, 0.717) is 0 Å². The topological polar surface area (TPSA) is 40.6 Å². The Morgan fingerprint density at radius 3 is 2.47 bits per heavy atom. The first-order chi connectivity index (χ1) is 9.06. The van der Waals surface area contributed by atoms with E-state index in [2.05, 4.69) is 6.07 Å². The molecule has 100 valence electrons. The van der Waals surface area contributed by atoms with Crippen molar-refractivity contribution in [3.8, 4) is 0 Å². The molecule has 4 heteroatoms. The average Bonchev–Trinajstić information content (AvgIpc) is 2.82. The third kappa shape index (κ3) is 2.01. The van der Waals surface area contributed by atoms with E-state index >= 15 is 0 Å². The Balaban J connectivity index is 1.96. The highest BCUT2D eigenvalue weighted by Gasteiger charge is 2.42. The molecule has 4 nitrogen and oxygen atoms in total. The van der Waals surface area contributed by atoms with Gasteiger partial charge in [0.15, 0.2) is 0 Å². The third-order valence-corrected chi connectivity index (χ3v) is 3.94. The normalized spacial score (nSPS) is 22.9. The summed E-state index contributed by atoms with van der Waals surface area (Å²) in [6.45, 7) is 4.93. The molecule has 0 bridgehead atoms. The lowest BCUT2D eigenvalue weighted by Crippen LogP contribution is -2.57. The number of piperazine rings is 1. The van der Waals surface area contributed by atoms with E-state index in [1.54, 1.807) is 9.80 Å². The van der Waals surface area contributed by atoms with Crippen molar-refractivity contribution < 1.29 is 9.59 Å².